The topological polar surface area (TPSA) is 80.4 Å². The molecule has 0 aliphatic rings. The third-order valence-electron chi connectivity index (χ3n) is 1.70. The van der Waals surface area contributed by atoms with E-state index in [1.165, 1.54) is 12.1 Å². The minimum absolute atomic E-state index is 0.300. The van der Waals surface area contributed by atoms with Crippen molar-refractivity contribution >= 4 is 23.4 Å². The number of carbonyl (C=O) groups excluding carboxylic acids is 1. The molecule has 0 fully saturated rings. The van der Waals surface area contributed by atoms with E-state index in [-0.39, 0.29) is 0 Å². The first-order valence-electron chi connectivity index (χ1n) is 4.02. The van der Waals surface area contributed by atoms with Crippen LogP contribution in [0.2, 0.25) is 0 Å². The maximum absolute atomic E-state index is 11.6. The fourth-order valence-corrected chi connectivity index (χ4v) is 1.05. The molecule has 1 aromatic carbocycles. The Morgan fingerprint density at radius 1 is 1.20 bits per heavy atom. The monoisotopic (exact) mass is 225 g/mol. The molecule has 0 aliphatic heterocycles. The van der Waals surface area contributed by atoms with Crippen molar-refractivity contribution in [3.8, 4) is 0 Å². The fourth-order valence-electron chi connectivity index (χ4n) is 0.960. The summed E-state index contributed by atoms with van der Waals surface area (Å²) in [7, 11) is 0. The van der Waals surface area contributed by atoms with Gasteiger partial charge in [0.1, 0.15) is 5.70 Å². The van der Waals surface area contributed by atoms with E-state index in [1.807, 2.05) is 0 Å². The number of carbonyl (C=O) groups is 2. The Morgan fingerprint density at radius 2 is 1.73 bits per heavy atom. The van der Waals surface area contributed by atoms with Crippen LogP contribution in [0.1, 0.15) is 10.4 Å². The molecule has 0 saturated carbocycles. The largest absolute Gasteiger partial charge is 0.477 e. The van der Waals surface area contributed by atoms with Crippen molar-refractivity contribution in [2.45, 2.75) is 0 Å². The van der Waals surface area contributed by atoms with Crippen LogP contribution in [0.15, 0.2) is 41.1 Å². The molecule has 0 amide bonds. The number of rotatable bonds is 3. The van der Waals surface area contributed by atoms with Gasteiger partial charge in [-0.25, -0.2) is 4.79 Å². The molecule has 4 nitrogen and oxygen atoms in total. The predicted octanol–water partition coefficient (Wildman–Crippen LogP) is 1.36. The number of carboxylic acid groups (broad SMARTS) is 1. The van der Waals surface area contributed by atoms with Crippen LogP contribution in [0.4, 0.5) is 0 Å². The van der Waals surface area contributed by atoms with Crippen molar-refractivity contribution in [3.63, 3.8) is 0 Å². The highest BCUT2D eigenvalue weighted by atomic mass is 35.5. The quantitative estimate of drug-likeness (QED) is 0.601. The fraction of sp³-hybridized carbons (Fsp3) is 0. The third-order valence-corrected chi connectivity index (χ3v) is 2.07. The van der Waals surface area contributed by atoms with Gasteiger partial charge in [-0.3, -0.25) is 4.79 Å². The van der Waals surface area contributed by atoms with Gasteiger partial charge in [0.25, 0.3) is 0 Å². The van der Waals surface area contributed by atoms with Gasteiger partial charge in [-0.2, -0.15) is 0 Å². The molecule has 0 heterocycles. The first-order chi connectivity index (χ1) is 7.04. The number of hydrogen-bond acceptors (Lipinski definition) is 3. The first-order valence-corrected chi connectivity index (χ1v) is 4.40. The zero-order valence-electron chi connectivity index (χ0n) is 7.61. The summed E-state index contributed by atoms with van der Waals surface area (Å²) >= 11 is 5.35. The maximum Gasteiger partial charge on any atom is 0.349 e. The Hall–Kier alpha value is -1.81. The van der Waals surface area contributed by atoms with Gasteiger partial charge in [0.05, 0.1) is 0 Å². The van der Waals surface area contributed by atoms with E-state index >= 15 is 0 Å². The van der Waals surface area contributed by atoms with E-state index < -0.39 is 22.5 Å². The number of Topliss-reactive ketones (excluding diaryl/α,β-unsaturated/α-hetero) is 1. The smallest absolute Gasteiger partial charge is 0.349 e. The summed E-state index contributed by atoms with van der Waals surface area (Å²) in [5, 5.41) is 7.86. The van der Waals surface area contributed by atoms with Crippen LogP contribution in [0, 0.1) is 0 Å². The van der Waals surface area contributed by atoms with Crippen molar-refractivity contribution in [3.05, 3.63) is 46.6 Å². The van der Waals surface area contributed by atoms with E-state index in [9.17, 15) is 9.59 Å². The molecular formula is C10H8ClNO3. The second-order valence-electron chi connectivity index (χ2n) is 2.73. The molecule has 0 atom stereocenters. The molecule has 1 rings (SSSR count). The zero-order valence-corrected chi connectivity index (χ0v) is 8.36. The van der Waals surface area contributed by atoms with Crippen molar-refractivity contribution < 1.29 is 14.7 Å². The first kappa shape index (κ1) is 11.3. The molecule has 5 heteroatoms. The Labute approximate surface area is 91.0 Å². The molecule has 0 saturated heterocycles. The van der Waals surface area contributed by atoms with Crippen LogP contribution in [-0.4, -0.2) is 16.9 Å². The van der Waals surface area contributed by atoms with Gasteiger partial charge in [-0.15, -0.1) is 0 Å². The SMILES string of the molecule is NC(C(=O)c1ccccc1)=C(Cl)C(=O)O. The number of benzene rings is 1. The molecule has 0 bridgehead atoms. The van der Waals surface area contributed by atoms with E-state index in [0.717, 1.165) is 0 Å². The Morgan fingerprint density at radius 3 is 2.20 bits per heavy atom. The summed E-state index contributed by atoms with van der Waals surface area (Å²) in [6.45, 7) is 0. The molecule has 3 N–H and O–H groups in total. The number of allylic oxidation sites excluding steroid dienone is 1. The van der Waals surface area contributed by atoms with Crippen LogP contribution in [0.3, 0.4) is 0 Å². The molecule has 15 heavy (non-hydrogen) atoms. The molecule has 1 aromatic rings. The number of carboxylic acids is 1. The summed E-state index contributed by atoms with van der Waals surface area (Å²) in [6, 6.07) is 8.09. The zero-order chi connectivity index (χ0) is 11.4. The predicted molar refractivity (Wildman–Crippen MR) is 55.5 cm³/mol. The number of aliphatic carboxylic acids is 1. The van der Waals surface area contributed by atoms with Gasteiger partial charge in [0, 0.05) is 5.56 Å². The van der Waals surface area contributed by atoms with Gasteiger partial charge in [0.15, 0.2) is 5.03 Å². The van der Waals surface area contributed by atoms with Crippen molar-refractivity contribution in [1.29, 1.82) is 0 Å². The van der Waals surface area contributed by atoms with Crippen LogP contribution >= 0.6 is 11.6 Å². The summed E-state index contributed by atoms with van der Waals surface area (Å²) < 4.78 is 0. The van der Waals surface area contributed by atoms with Crippen LogP contribution in [0.25, 0.3) is 0 Å². The average molecular weight is 226 g/mol. The molecule has 78 valence electrons. The molecule has 0 unspecified atom stereocenters. The Bertz CT molecular complexity index is 426. The van der Waals surface area contributed by atoms with E-state index in [2.05, 4.69) is 0 Å². The summed E-state index contributed by atoms with van der Waals surface area (Å²) in [5.41, 5.74) is 5.15. The Balaban J connectivity index is 3.07. The van der Waals surface area contributed by atoms with E-state index in [1.54, 1.807) is 18.2 Å². The van der Waals surface area contributed by atoms with Gasteiger partial charge < -0.3 is 10.8 Å². The lowest BCUT2D eigenvalue weighted by Crippen LogP contribution is -2.16. The molecule has 0 aliphatic carbocycles. The minimum atomic E-state index is -1.42. The Kier molecular flexibility index (Phi) is 3.46. The van der Waals surface area contributed by atoms with Crippen LogP contribution in [-0.2, 0) is 4.79 Å². The number of nitrogens with two attached hydrogens (primary N) is 1. The van der Waals surface area contributed by atoms with Gasteiger partial charge in [0.2, 0.25) is 5.78 Å². The van der Waals surface area contributed by atoms with Gasteiger partial charge in [-0.05, 0) is 0 Å². The number of halogens is 1. The summed E-state index contributed by atoms with van der Waals surface area (Å²) in [5.74, 6) is -2.01. The second kappa shape index (κ2) is 4.61. The normalized spacial score (nSPS) is 11.8. The second-order valence-corrected chi connectivity index (χ2v) is 3.11. The lowest BCUT2D eigenvalue weighted by molar-refractivity contribution is -0.131. The molecule has 0 spiro atoms. The van der Waals surface area contributed by atoms with Crippen molar-refractivity contribution in [2.24, 2.45) is 5.73 Å². The van der Waals surface area contributed by atoms with E-state index in [4.69, 9.17) is 22.4 Å². The minimum Gasteiger partial charge on any atom is -0.477 e. The van der Waals surface area contributed by atoms with Crippen molar-refractivity contribution in [2.75, 3.05) is 0 Å². The van der Waals surface area contributed by atoms with Crippen LogP contribution < -0.4 is 5.73 Å². The van der Waals surface area contributed by atoms with Gasteiger partial charge >= 0.3 is 5.97 Å². The summed E-state index contributed by atoms with van der Waals surface area (Å²) in [4.78, 5) is 22.0. The standard InChI is InChI=1S/C10H8ClNO3/c11-7(10(14)15)8(12)9(13)6-4-2-1-3-5-6/h1-5H,12H2,(H,14,15). The van der Waals surface area contributed by atoms with Crippen LogP contribution in [0.5, 0.6) is 0 Å². The number of hydrogen-bond donors (Lipinski definition) is 2. The molecule has 0 aromatic heterocycles. The average Bonchev–Trinajstić information content (AvgIpc) is 2.27. The van der Waals surface area contributed by atoms with Gasteiger partial charge in [-0.1, -0.05) is 41.9 Å². The van der Waals surface area contributed by atoms with Crippen molar-refractivity contribution in [1.82, 2.24) is 0 Å². The third kappa shape index (κ3) is 2.57. The highest BCUT2D eigenvalue weighted by molar-refractivity contribution is 6.43. The lowest BCUT2D eigenvalue weighted by Gasteiger charge is -2.01. The highest BCUT2D eigenvalue weighted by Gasteiger charge is 2.16. The maximum atomic E-state index is 11.6. The highest BCUT2D eigenvalue weighted by Crippen LogP contribution is 2.11. The molecular weight excluding hydrogens is 218 g/mol. The lowest BCUT2D eigenvalue weighted by atomic mass is 10.1. The van der Waals surface area contributed by atoms with E-state index in [0.29, 0.717) is 5.56 Å². The molecule has 0 radical (unpaired) electrons. The number of ketones is 1. The summed E-state index contributed by atoms with van der Waals surface area (Å²) in [6.07, 6.45) is 0.